The van der Waals surface area contributed by atoms with Gasteiger partial charge in [-0.05, 0) is 34.5 Å². The van der Waals surface area contributed by atoms with Crippen LogP contribution in [0.25, 0.3) is 10.4 Å². The van der Waals surface area contributed by atoms with Crippen molar-refractivity contribution in [3.8, 4) is 0 Å². The monoisotopic (exact) mass is 392 g/mol. The number of nitro groups is 1. The number of aromatic nitrogens is 1. The summed E-state index contributed by atoms with van der Waals surface area (Å²) >= 11 is 0. The third-order valence-electron chi connectivity index (χ3n) is 2.98. The Morgan fingerprint density at radius 1 is 1.46 bits per heavy atom. The van der Waals surface area contributed by atoms with Crippen molar-refractivity contribution in [1.82, 2.24) is 4.98 Å². The topological polar surface area (TPSA) is 154 Å². The molecule has 0 bridgehead atoms. The smallest absolute Gasteiger partial charge is 0.327 e. The molecule has 1 unspecified atom stereocenters. The summed E-state index contributed by atoms with van der Waals surface area (Å²) in [6.45, 7) is 0. The number of hydrogen-bond donors (Lipinski definition) is 2. The SMILES string of the molecule is [N-]=[N+]=Nc1ccc(NC(CSSc2ccccn2)C(=O)O)c([N+](=O)[O-])c1. The van der Waals surface area contributed by atoms with Gasteiger partial charge in [0.25, 0.3) is 5.69 Å². The van der Waals surface area contributed by atoms with Gasteiger partial charge in [-0.15, -0.1) is 0 Å². The van der Waals surface area contributed by atoms with Crippen LogP contribution in [0.3, 0.4) is 0 Å². The first kappa shape index (κ1) is 19.4. The van der Waals surface area contributed by atoms with Crippen molar-refractivity contribution in [2.45, 2.75) is 11.1 Å². The molecule has 10 nitrogen and oxygen atoms in total. The Bertz CT molecular complexity index is 845. The molecule has 0 radical (unpaired) electrons. The number of carboxylic acids is 1. The van der Waals surface area contributed by atoms with Crippen LogP contribution in [0.15, 0.2) is 52.7 Å². The number of aliphatic carboxylic acids is 1. The van der Waals surface area contributed by atoms with E-state index in [1.54, 1.807) is 18.3 Å². The van der Waals surface area contributed by atoms with E-state index in [-0.39, 0.29) is 22.8 Å². The first-order valence-corrected chi connectivity index (χ1v) is 9.36. The van der Waals surface area contributed by atoms with Gasteiger partial charge in [-0.1, -0.05) is 28.0 Å². The van der Waals surface area contributed by atoms with Crippen LogP contribution in [0.2, 0.25) is 0 Å². The number of carbonyl (C=O) groups is 1. The van der Waals surface area contributed by atoms with Gasteiger partial charge >= 0.3 is 5.97 Å². The second kappa shape index (κ2) is 9.51. The standard InChI is InChI=1S/C14H12N6O4S2/c15-19-18-9-4-5-10(12(7-9)20(23)24)17-11(14(21)22)8-25-26-13-3-1-2-6-16-13/h1-7,11,17H,8H2,(H,21,22). The zero-order valence-corrected chi connectivity index (χ0v) is 14.7. The molecule has 0 amide bonds. The van der Waals surface area contributed by atoms with Crippen LogP contribution in [-0.4, -0.2) is 32.8 Å². The minimum atomic E-state index is -1.15. The number of rotatable bonds is 9. The Hall–Kier alpha value is -2.95. The van der Waals surface area contributed by atoms with E-state index in [0.717, 1.165) is 11.1 Å². The van der Waals surface area contributed by atoms with E-state index >= 15 is 0 Å². The molecule has 0 saturated heterocycles. The van der Waals surface area contributed by atoms with Crippen LogP contribution in [0.1, 0.15) is 0 Å². The van der Waals surface area contributed by atoms with Gasteiger partial charge in [-0.3, -0.25) is 10.1 Å². The van der Waals surface area contributed by atoms with Crippen molar-refractivity contribution in [3.63, 3.8) is 0 Å². The van der Waals surface area contributed by atoms with Gasteiger partial charge in [0.1, 0.15) is 16.8 Å². The lowest BCUT2D eigenvalue weighted by Gasteiger charge is -2.15. The van der Waals surface area contributed by atoms with E-state index < -0.39 is 16.9 Å². The number of azide groups is 1. The summed E-state index contributed by atoms with van der Waals surface area (Å²) in [5.74, 6) is -1.00. The number of nitrogens with zero attached hydrogens (tertiary/aromatic N) is 5. The van der Waals surface area contributed by atoms with E-state index in [9.17, 15) is 20.0 Å². The number of nitrogens with one attached hydrogen (secondary N) is 1. The fraction of sp³-hybridized carbons (Fsp3) is 0.143. The van der Waals surface area contributed by atoms with Gasteiger partial charge in [0, 0.05) is 28.6 Å². The van der Waals surface area contributed by atoms with Crippen LogP contribution in [0.4, 0.5) is 17.1 Å². The minimum absolute atomic E-state index is 0.0303. The summed E-state index contributed by atoms with van der Waals surface area (Å²) in [5.41, 5.74) is 8.14. The maximum atomic E-state index is 11.5. The lowest BCUT2D eigenvalue weighted by Crippen LogP contribution is -2.31. The summed E-state index contributed by atoms with van der Waals surface area (Å²) in [6.07, 6.45) is 1.63. The highest BCUT2D eigenvalue weighted by atomic mass is 33.1. The van der Waals surface area contributed by atoms with Crippen molar-refractivity contribution in [2.24, 2.45) is 5.11 Å². The molecule has 1 aromatic carbocycles. The molecule has 134 valence electrons. The van der Waals surface area contributed by atoms with E-state index in [1.807, 2.05) is 6.07 Å². The fourth-order valence-electron chi connectivity index (χ4n) is 1.83. The molecule has 12 heteroatoms. The average molecular weight is 392 g/mol. The summed E-state index contributed by atoms with van der Waals surface area (Å²) in [7, 11) is 2.57. The normalized spacial score (nSPS) is 11.2. The molecule has 1 atom stereocenters. The number of anilines is 1. The molecule has 26 heavy (non-hydrogen) atoms. The zero-order valence-electron chi connectivity index (χ0n) is 13.1. The molecule has 2 N–H and O–H groups in total. The molecular formula is C14H12N6O4S2. The summed E-state index contributed by atoms with van der Waals surface area (Å²) in [6, 6.07) is 8.09. The fourth-order valence-corrected chi connectivity index (χ4v) is 3.89. The van der Waals surface area contributed by atoms with Gasteiger partial charge in [-0.2, -0.15) is 0 Å². The van der Waals surface area contributed by atoms with E-state index in [4.69, 9.17) is 5.53 Å². The van der Waals surface area contributed by atoms with Crippen LogP contribution < -0.4 is 5.32 Å². The lowest BCUT2D eigenvalue weighted by atomic mass is 10.2. The van der Waals surface area contributed by atoms with Crippen LogP contribution in [-0.2, 0) is 4.79 Å². The minimum Gasteiger partial charge on any atom is -0.480 e. The predicted molar refractivity (Wildman–Crippen MR) is 99.5 cm³/mol. The zero-order chi connectivity index (χ0) is 18.9. The van der Waals surface area contributed by atoms with Crippen molar-refractivity contribution in [2.75, 3.05) is 11.1 Å². The molecule has 0 aliphatic heterocycles. The number of carboxylic acid groups (broad SMARTS) is 1. The number of nitro benzene ring substituents is 1. The molecule has 0 saturated carbocycles. The largest absolute Gasteiger partial charge is 0.480 e. The van der Waals surface area contributed by atoms with Crippen LogP contribution in [0.5, 0.6) is 0 Å². The molecule has 2 rings (SSSR count). The van der Waals surface area contributed by atoms with Crippen molar-refractivity contribution >= 4 is 44.6 Å². The molecule has 1 aromatic heterocycles. The van der Waals surface area contributed by atoms with E-state index in [1.165, 1.54) is 33.7 Å². The highest BCUT2D eigenvalue weighted by molar-refractivity contribution is 8.76. The molecule has 0 aliphatic carbocycles. The summed E-state index contributed by atoms with van der Waals surface area (Å²) < 4.78 is 0. The van der Waals surface area contributed by atoms with Crippen molar-refractivity contribution in [3.05, 3.63) is 63.2 Å². The molecular weight excluding hydrogens is 380 g/mol. The average Bonchev–Trinajstić information content (AvgIpc) is 2.62. The third-order valence-corrected chi connectivity index (χ3v) is 5.26. The first-order chi connectivity index (χ1) is 12.5. The number of hydrogen-bond acceptors (Lipinski definition) is 8. The first-order valence-electron chi connectivity index (χ1n) is 7.04. The maximum Gasteiger partial charge on any atom is 0.327 e. The van der Waals surface area contributed by atoms with Gasteiger partial charge in [0.2, 0.25) is 0 Å². The highest BCUT2D eigenvalue weighted by Crippen LogP contribution is 2.33. The van der Waals surface area contributed by atoms with Gasteiger partial charge in [0.05, 0.1) is 4.92 Å². The Balaban J connectivity index is 2.10. The van der Waals surface area contributed by atoms with Crippen LogP contribution >= 0.6 is 21.6 Å². The van der Waals surface area contributed by atoms with E-state index in [2.05, 4.69) is 20.3 Å². The Kier molecular flexibility index (Phi) is 7.09. The highest BCUT2D eigenvalue weighted by Gasteiger charge is 2.22. The molecule has 0 aliphatic rings. The molecule has 0 fully saturated rings. The Morgan fingerprint density at radius 3 is 2.88 bits per heavy atom. The second-order valence-corrected chi connectivity index (χ2v) is 7.08. The van der Waals surface area contributed by atoms with E-state index in [0.29, 0.717) is 0 Å². The second-order valence-electron chi connectivity index (χ2n) is 4.72. The van der Waals surface area contributed by atoms with Gasteiger partial charge < -0.3 is 10.4 Å². The summed E-state index contributed by atoms with van der Waals surface area (Å²) in [5, 5.41) is 27.2. The quantitative estimate of drug-likeness (QED) is 0.160. The molecule has 1 heterocycles. The number of benzene rings is 1. The van der Waals surface area contributed by atoms with Crippen molar-refractivity contribution < 1.29 is 14.8 Å². The Morgan fingerprint density at radius 2 is 2.27 bits per heavy atom. The van der Waals surface area contributed by atoms with Crippen molar-refractivity contribution in [1.29, 1.82) is 0 Å². The van der Waals surface area contributed by atoms with Gasteiger partial charge in [0.15, 0.2) is 0 Å². The van der Waals surface area contributed by atoms with Gasteiger partial charge in [-0.25, -0.2) is 9.78 Å². The van der Waals surface area contributed by atoms with Crippen LogP contribution in [0, 0.1) is 10.1 Å². The summed E-state index contributed by atoms with van der Waals surface area (Å²) in [4.78, 5) is 28.7. The Labute approximate surface area is 155 Å². The molecule has 2 aromatic rings. The third kappa shape index (κ3) is 5.55. The molecule has 0 spiro atoms. The maximum absolute atomic E-state index is 11.5. The lowest BCUT2D eigenvalue weighted by molar-refractivity contribution is -0.383. The number of pyridine rings is 1. The predicted octanol–water partition coefficient (Wildman–Crippen LogP) is 4.24.